The highest BCUT2D eigenvalue weighted by Gasteiger charge is 2.26. The molecule has 0 saturated heterocycles. The van der Waals surface area contributed by atoms with Gasteiger partial charge in [0.2, 0.25) is 10.0 Å². The van der Waals surface area contributed by atoms with E-state index in [4.69, 9.17) is 0 Å². The van der Waals surface area contributed by atoms with Crippen LogP contribution in [-0.2, 0) is 21.2 Å². The number of carbonyl (C=O) groups is 1. The van der Waals surface area contributed by atoms with Gasteiger partial charge in [0, 0.05) is 38.1 Å². The molecule has 0 aliphatic carbocycles. The van der Waals surface area contributed by atoms with Crippen LogP contribution in [0.3, 0.4) is 0 Å². The molecule has 0 amide bonds. The molecule has 162 valence electrons. The van der Waals surface area contributed by atoms with Crippen molar-refractivity contribution in [2.45, 2.75) is 17.4 Å². The number of aliphatic carboxylic acids is 1. The summed E-state index contributed by atoms with van der Waals surface area (Å²) in [5.41, 5.74) is 2.66. The second kappa shape index (κ2) is 9.49. The van der Waals surface area contributed by atoms with Crippen molar-refractivity contribution in [2.24, 2.45) is 10.2 Å². The Morgan fingerprint density at radius 3 is 2.16 bits per heavy atom. The van der Waals surface area contributed by atoms with E-state index in [1.807, 2.05) is 43.3 Å². The number of aromatic amines is 1. The Morgan fingerprint density at radius 2 is 1.68 bits per heavy atom. The van der Waals surface area contributed by atoms with Gasteiger partial charge in [-0.2, -0.15) is 15.0 Å². The van der Waals surface area contributed by atoms with Gasteiger partial charge in [-0.1, -0.05) is 0 Å². The van der Waals surface area contributed by atoms with Crippen molar-refractivity contribution < 1.29 is 18.3 Å². The van der Waals surface area contributed by atoms with Crippen LogP contribution in [0.25, 0.3) is 0 Å². The third-order valence-electron chi connectivity index (χ3n) is 4.37. The molecular formula is C20H22N6O4S. The third kappa shape index (κ3) is 5.96. The Labute approximate surface area is 179 Å². The molecule has 0 unspecified atom stereocenters. The average Bonchev–Trinajstić information content (AvgIpc) is 3.25. The molecule has 0 spiro atoms. The number of hydrogen-bond donors (Lipinski definition) is 3. The highest BCUT2D eigenvalue weighted by atomic mass is 32.2. The number of hydrogen-bond acceptors (Lipinski definition) is 7. The van der Waals surface area contributed by atoms with E-state index in [0.29, 0.717) is 17.1 Å². The first-order chi connectivity index (χ1) is 14.7. The monoisotopic (exact) mass is 442 g/mol. The van der Waals surface area contributed by atoms with Crippen molar-refractivity contribution in [1.82, 2.24) is 14.7 Å². The summed E-state index contributed by atoms with van der Waals surface area (Å²) in [6.07, 6.45) is 2.78. The minimum atomic E-state index is -4.05. The Hall–Kier alpha value is -3.57. The number of azo groups is 1. The molecule has 3 rings (SSSR count). The number of imidazole rings is 1. The number of H-pyrrole nitrogens is 1. The minimum Gasteiger partial charge on any atom is -0.480 e. The van der Waals surface area contributed by atoms with E-state index in [0.717, 1.165) is 5.69 Å². The predicted molar refractivity (Wildman–Crippen MR) is 115 cm³/mol. The van der Waals surface area contributed by atoms with Crippen LogP contribution in [0, 0.1) is 0 Å². The molecule has 1 aromatic heterocycles. The first-order valence-electron chi connectivity index (χ1n) is 9.26. The fourth-order valence-corrected chi connectivity index (χ4v) is 3.86. The van der Waals surface area contributed by atoms with Crippen LogP contribution in [0.15, 0.2) is 76.2 Å². The zero-order valence-corrected chi connectivity index (χ0v) is 17.7. The normalized spacial score (nSPS) is 12.7. The number of anilines is 1. The van der Waals surface area contributed by atoms with Gasteiger partial charge in [-0.15, -0.1) is 0 Å². The molecule has 1 atom stereocenters. The molecule has 3 aromatic rings. The fraction of sp³-hybridized carbons (Fsp3) is 0.200. The van der Waals surface area contributed by atoms with Gasteiger partial charge in [-0.05, 0) is 48.5 Å². The van der Waals surface area contributed by atoms with Crippen LogP contribution in [0.5, 0.6) is 0 Å². The second-order valence-electron chi connectivity index (χ2n) is 6.90. The fourth-order valence-electron chi connectivity index (χ4n) is 2.68. The molecule has 3 N–H and O–H groups in total. The first-order valence-corrected chi connectivity index (χ1v) is 10.7. The molecule has 11 heteroatoms. The van der Waals surface area contributed by atoms with Gasteiger partial charge < -0.3 is 15.0 Å². The number of benzene rings is 2. The Kier molecular flexibility index (Phi) is 6.78. The number of carboxylic acid groups (broad SMARTS) is 1. The van der Waals surface area contributed by atoms with Crippen molar-refractivity contribution in [1.29, 1.82) is 0 Å². The quantitative estimate of drug-likeness (QED) is 0.435. The van der Waals surface area contributed by atoms with E-state index in [1.165, 1.54) is 36.8 Å². The molecule has 1 heterocycles. The molecule has 10 nitrogen and oxygen atoms in total. The maximum Gasteiger partial charge on any atom is 0.322 e. The number of aromatic nitrogens is 2. The number of nitrogens with one attached hydrogen (secondary N) is 2. The van der Waals surface area contributed by atoms with Crippen molar-refractivity contribution in [2.75, 3.05) is 19.0 Å². The van der Waals surface area contributed by atoms with E-state index >= 15 is 0 Å². The Balaban J connectivity index is 1.69. The molecular weight excluding hydrogens is 420 g/mol. The molecule has 0 bridgehead atoms. The Bertz CT molecular complexity index is 1140. The van der Waals surface area contributed by atoms with E-state index in [1.54, 1.807) is 0 Å². The van der Waals surface area contributed by atoms with Crippen LogP contribution in [0.1, 0.15) is 5.69 Å². The maximum absolute atomic E-state index is 12.6. The summed E-state index contributed by atoms with van der Waals surface area (Å²) in [4.78, 5) is 19.9. The van der Waals surface area contributed by atoms with Gasteiger partial charge in [-0.25, -0.2) is 13.4 Å². The van der Waals surface area contributed by atoms with Gasteiger partial charge >= 0.3 is 5.97 Å². The number of nitrogens with zero attached hydrogens (tertiary/aromatic N) is 4. The summed E-state index contributed by atoms with van der Waals surface area (Å²) >= 11 is 0. The van der Waals surface area contributed by atoms with Gasteiger partial charge in [0.25, 0.3) is 0 Å². The van der Waals surface area contributed by atoms with E-state index in [9.17, 15) is 18.3 Å². The van der Waals surface area contributed by atoms with Crippen molar-refractivity contribution in [3.63, 3.8) is 0 Å². The summed E-state index contributed by atoms with van der Waals surface area (Å²) in [5.74, 6) is -1.29. The van der Waals surface area contributed by atoms with Crippen molar-refractivity contribution in [3.05, 3.63) is 66.7 Å². The van der Waals surface area contributed by atoms with Gasteiger partial charge in [0.1, 0.15) is 6.04 Å². The van der Waals surface area contributed by atoms with Gasteiger partial charge in [0.15, 0.2) is 0 Å². The molecule has 0 radical (unpaired) electrons. The lowest BCUT2D eigenvalue weighted by molar-refractivity contribution is -0.138. The first kappa shape index (κ1) is 22.1. The average molecular weight is 443 g/mol. The van der Waals surface area contributed by atoms with Crippen molar-refractivity contribution >= 4 is 33.1 Å². The molecule has 0 aliphatic heterocycles. The Morgan fingerprint density at radius 1 is 1.10 bits per heavy atom. The number of sulfonamides is 1. The third-order valence-corrected chi connectivity index (χ3v) is 5.86. The van der Waals surface area contributed by atoms with E-state index in [2.05, 4.69) is 24.9 Å². The van der Waals surface area contributed by atoms with Crippen LogP contribution in [0.4, 0.5) is 17.1 Å². The van der Waals surface area contributed by atoms with Crippen LogP contribution in [0.2, 0.25) is 0 Å². The zero-order valence-electron chi connectivity index (χ0n) is 16.9. The van der Waals surface area contributed by atoms with E-state index < -0.39 is 22.0 Å². The highest BCUT2D eigenvalue weighted by Crippen LogP contribution is 2.22. The zero-order chi connectivity index (χ0) is 22.4. The summed E-state index contributed by atoms with van der Waals surface area (Å²) < 4.78 is 27.4. The minimum absolute atomic E-state index is 0.0620. The second-order valence-corrected chi connectivity index (χ2v) is 8.61. The number of carboxylic acids is 1. The lowest BCUT2D eigenvalue weighted by atomic mass is 10.2. The predicted octanol–water partition coefficient (Wildman–Crippen LogP) is 2.87. The number of rotatable bonds is 9. The maximum atomic E-state index is 12.6. The van der Waals surface area contributed by atoms with Gasteiger partial charge in [0.05, 0.1) is 22.6 Å². The molecule has 0 aliphatic rings. The summed E-state index contributed by atoms with van der Waals surface area (Å²) in [6.45, 7) is 0. The lowest BCUT2D eigenvalue weighted by Gasteiger charge is -2.14. The molecule has 0 saturated carbocycles. The summed E-state index contributed by atoms with van der Waals surface area (Å²) in [7, 11) is -0.164. The molecule has 31 heavy (non-hydrogen) atoms. The molecule has 2 aromatic carbocycles. The largest absolute Gasteiger partial charge is 0.480 e. The highest BCUT2D eigenvalue weighted by molar-refractivity contribution is 7.89. The molecule has 0 fully saturated rings. The van der Waals surface area contributed by atoms with Crippen LogP contribution >= 0.6 is 0 Å². The summed E-state index contributed by atoms with van der Waals surface area (Å²) in [5, 5.41) is 17.6. The summed E-state index contributed by atoms with van der Waals surface area (Å²) in [6, 6.07) is 11.8. The van der Waals surface area contributed by atoms with Crippen molar-refractivity contribution in [3.8, 4) is 0 Å². The van der Waals surface area contributed by atoms with E-state index in [-0.39, 0.29) is 11.3 Å². The SMILES string of the molecule is CN(C)c1ccc(N=Nc2ccc(S(=O)(=O)N[C@@H](Cc3cnc[nH]3)C(=O)O)cc2)cc1. The van der Waals surface area contributed by atoms with Crippen LogP contribution < -0.4 is 9.62 Å². The van der Waals surface area contributed by atoms with Gasteiger partial charge in [-0.3, -0.25) is 4.79 Å². The lowest BCUT2D eigenvalue weighted by Crippen LogP contribution is -2.42. The topological polar surface area (TPSA) is 140 Å². The standard InChI is InChI=1S/C20H22N6O4S/c1-26(2)17-7-3-14(4-8-17)23-24-15-5-9-18(10-6-15)31(29,30)25-19(20(27)28)11-16-12-21-13-22-16/h3-10,12-13,19,25H,11H2,1-2H3,(H,21,22)(H,27,28)/t19-/m0/s1. The van der Waals surface area contributed by atoms with Crippen LogP contribution in [-0.4, -0.2) is 49.6 Å². The smallest absolute Gasteiger partial charge is 0.322 e.